The van der Waals surface area contributed by atoms with Crippen LogP contribution in [0.5, 0.6) is 0 Å². The molecular weight excluding hydrogens is 264 g/mol. The van der Waals surface area contributed by atoms with E-state index in [0.717, 1.165) is 13.1 Å². The molecule has 0 fully saturated rings. The lowest BCUT2D eigenvalue weighted by molar-refractivity contribution is 0.462. The fourth-order valence-corrected chi connectivity index (χ4v) is 4.46. The highest BCUT2D eigenvalue weighted by molar-refractivity contribution is 7.10. The summed E-state index contributed by atoms with van der Waals surface area (Å²) in [6, 6.07) is 5.20. The first-order chi connectivity index (χ1) is 9.70. The van der Waals surface area contributed by atoms with Gasteiger partial charge in [0.05, 0.1) is 0 Å². The summed E-state index contributed by atoms with van der Waals surface area (Å²) in [5.41, 5.74) is 5.79. The van der Waals surface area contributed by atoms with Gasteiger partial charge in [-0.1, -0.05) is 0 Å². The molecule has 1 aliphatic carbocycles. The Morgan fingerprint density at radius 2 is 2.25 bits per heavy atom. The molecule has 108 valence electrons. The van der Waals surface area contributed by atoms with Crippen molar-refractivity contribution in [2.75, 3.05) is 0 Å². The highest BCUT2D eigenvalue weighted by atomic mass is 32.1. The third kappa shape index (κ3) is 2.45. The van der Waals surface area contributed by atoms with Crippen LogP contribution in [0, 0.1) is 13.8 Å². The van der Waals surface area contributed by atoms with E-state index in [1.54, 1.807) is 10.4 Å². The van der Waals surface area contributed by atoms with E-state index >= 15 is 0 Å². The summed E-state index contributed by atoms with van der Waals surface area (Å²) in [5.74, 6) is 0. The van der Waals surface area contributed by atoms with Gasteiger partial charge >= 0.3 is 0 Å². The van der Waals surface area contributed by atoms with Gasteiger partial charge in [-0.3, -0.25) is 0 Å². The molecule has 2 aromatic rings. The average molecular weight is 288 g/mol. The second-order valence-corrected chi connectivity index (χ2v) is 6.77. The predicted octanol–water partition coefficient (Wildman–Crippen LogP) is 4.35. The molecule has 2 aromatic heterocycles. The average Bonchev–Trinajstić information content (AvgIpc) is 3.01. The van der Waals surface area contributed by atoms with Crippen LogP contribution in [0.25, 0.3) is 0 Å². The minimum absolute atomic E-state index is 0.551. The molecule has 3 rings (SSSR count). The molecule has 0 saturated carbocycles. The molecule has 1 N–H and O–H groups in total. The van der Waals surface area contributed by atoms with Gasteiger partial charge in [0.25, 0.3) is 0 Å². The van der Waals surface area contributed by atoms with Gasteiger partial charge in [0.1, 0.15) is 0 Å². The van der Waals surface area contributed by atoms with Crippen LogP contribution < -0.4 is 5.32 Å². The Hall–Kier alpha value is -1.06. The number of fused-ring (bicyclic) bond motifs is 1. The first-order valence-corrected chi connectivity index (χ1v) is 8.54. The van der Waals surface area contributed by atoms with Crippen molar-refractivity contribution in [2.24, 2.45) is 0 Å². The van der Waals surface area contributed by atoms with E-state index in [1.165, 1.54) is 36.2 Å². The van der Waals surface area contributed by atoms with Crippen LogP contribution in [-0.4, -0.2) is 4.57 Å². The molecule has 1 aliphatic rings. The van der Waals surface area contributed by atoms with Crippen molar-refractivity contribution in [3.8, 4) is 0 Å². The van der Waals surface area contributed by atoms with Crippen molar-refractivity contribution in [3.05, 3.63) is 44.9 Å². The quantitative estimate of drug-likeness (QED) is 0.885. The van der Waals surface area contributed by atoms with Crippen molar-refractivity contribution in [3.63, 3.8) is 0 Å². The van der Waals surface area contributed by atoms with E-state index < -0.39 is 0 Å². The first kappa shape index (κ1) is 13.9. The van der Waals surface area contributed by atoms with Gasteiger partial charge in [-0.05, 0) is 68.7 Å². The van der Waals surface area contributed by atoms with Crippen molar-refractivity contribution < 1.29 is 0 Å². The summed E-state index contributed by atoms with van der Waals surface area (Å²) in [4.78, 5) is 1.59. The summed E-state index contributed by atoms with van der Waals surface area (Å²) in [6.45, 7) is 8.72. The van der Waals surface area contributed by atoms with E-state index in [1.807, 2.05) is 11.3 Å². The maximum atomic E-state index is 3.78. The normalized spacial score (nSPS) is 18.2. The fourth-order valence-electron chi connectivity index (χ4n) is 3.47. The predicted molar refractivity (Wildman–Crippen MR) is 86.4 cm³/mol. The number of hydrogen-bond donors (Lipinski definition) is 1. The summed E-state index contributed by atoms with van der Waals surface area (Å²) in [5, 5.41) is 6.02. The zero-order valence-electron chi connectivity index (χ0n) is 12.7. The standard InChI is InChI=1S/C17H24N2S/c1-4-19-12(2)10-14(13(19)3)11-18-16-6-5-7-17-15(16)8-9-20-17/h8-10,16,18H,4-7,11H2,1-3H3. The van der Waals surface area contributed by atoms with Gasteiger partial charge in [-0.25, -0.2) is 0 Å². The largest absolute Gasteiger partial charge is 0.349 e. The smallest absolute Gasteiger partial charge is 0.0334 e. The van der Waals surface area contributed by atoms with Crippen LogP contribution in [0.3, 0.4) is 0 Å². The highest BCUT2D eigenvalue weighted by Crippen LogP contribution is 2.33. The minimum atomic E-state index is 0.551. The van der Waals surface area contributed by atoms with Crippen LogP contribution in [0.15, 0.2) is 17.5 Å². The summed E-state index contributed by atoms with van der Waals surface area (Å²) < 4.78 is 2.40. The van der Waals surface area contributed by atoms with E-state index in [0.29, 0.717) is 6.04 Å². The zero-order chi connectivity index (χ0) is 14.1. The first-order valence-electron chi connectivity index (χ1n) is 7.66. The summed E-state index contributed by atoms with van der Waals surface area (Å²) in [6.07, 6.45) is 3.87. The number of nitrogens with one attached hydrogen (secondary N) is 1. The molecule has 0 amide bonds. The summed E-state index contributed by atoms with van der Waals surface area (Å²) >= 11 is 1.92. The Labute approximate surface area is 125 Å². The number of aryl methyl sites for hydroxylation is 2. The van der Waals surface area contributed by atoms with E-state index in [-0.39, 0.29) is 0 Å². The Balaban J connectivity index is 1.72. The second kappa shape index (κ2) is 5.74. The van der Waals surface area contributed by atoms with Crippen LogP contribution in [0.1, 0.15) is 53.2 Å². The monoisotopic (exact) mass is 288 g/mol. The molecule has 0 radical (unpaired) electrons. The molecule has 3 heteroatoms. The molecule has 0 bridgehead atoms. The number of thiophene rings is 1. The molecule has 1 unspecified atom stereocenters. The van der Waals surface area contributed by atoms with E-state index in [2.05, 4.69) is 48.2 Å². The second-order valence-electron chi connectivity index (χ2n) is 5.77. The van der Waals surface area contributed by atoms with Gasteiger partial charge in [-0.2, -0.15) is 0 Å². The van der Waals surface area contributed by atoms with Crippen molar-refractivity contribution in [1.29, 1.82) is 0 Å². The van der Waals surface area contributed by atoms with Crippen molar-refractivity contribution >= 4 is 11.3 Å². The number of hydrogen-bond acceptors (Lipinski definition) is 2. The topological polar surface area (TPSA) is 17.0 Å². The summed E-state index contributed by atoms with van der Waals surface area (Å²) in [7, 11) is 0. The van der Waals surface area contributed by atoms with Gasteiger partial charge in [-0.15, -0.1) is 11.3 Å². The molecule has 0 aliphatic heterocycles. The number of aromatic nitrogens is 1. The Morgan fingerprint density at radius 3 is 3.00 bits per heavy atom. The van der Waals surface area contributed by atoms with Gasteiger partial charge in [0.15, 0.2) is 0 Å². The van der Waals surface area contributed by atoms with Crippen LogP contribution in [-0.2, 0) is 19.5 Å². The third-order valence-corrected chi connectivity index (χ3v) is 5.58. The Morgan fingerprint density at radius 1 is 1.40 bits per heavy atom. The lowest BCUT2D eigenvalue weighted by Crippen LogP contribution is -2.24. The number of nitrogens with zero attached hydrogens (tertiary/aromatic N) is 1. The van der Waals surface area contributed by atoms with Gasteiger partial charge in [0, 0.05) is 35.4 Å². The van der Waals surface area contributed by atoms with E-state index in [9.17, 15) is 0 Å². The maximum absolute atomic E-state index is 3.78. The lowest BCUT2D eigenvalue weighted by atomic mass is 9.94. The number of rotatable bonds is 4. The Kier molecular flexibility index (Phi) is 3.99. The van der Waals surface area contributed by atoms with Gasteiger partial charge < -0.3 is 9.88 Å². The highest BCUT2D eigenvalue weighted by Gasteiger charge is 2.21. The molecule has 0 aromatic carbocycles. The van der Waals surface area contributed by atoms with Crippen LogP contribution in [0.4, 0.5) is 0 Å². The third-order valence-electron chi connectivity index (χ3n) is 4.59. The molecular formula is C17H24N2S. The van der Waals surface area contributed by atoms with Crippen molar-refractivity contribution in [1.82, 2.24) is 9.88 Å². The fraction of sp³-hybridized carbons (Fsp3) is 0.529. The Bertz CT molecular complexity index is 594. The van der Waals surface area contributed by atoms with Crippen LogP contribution in [0.2, 0.25) is 0 Å². The molecule has 0 saturated heterocycles. The lowest BCUT2D eigenvalue weighted by Gasteiger charge is -2.24. The maximum Gasteiger partial charge on any atom is 0.0334 e. The molecule has 2 nitrogen and oxygen atoms in total. The van der Waals surface area contributed by atoms with Gasteiger partial charge in [0.2, 0.25) is 0 Å². The zero-order valence-corrected chi connectivity index (χ0v) is 13.5. The minimum Gasteiger partial charge on any atom is -0.349 e. The van der Waals surface area contributed by atoms with Crippen molar-refractivity contribution in [2.45, 2.75) is 59.2 Å². The molecule has 1 atom stereocenters. The molecule has 20 heavy (non-hydrogen) atoms. The van der Waals surface area contributed by atoms with E-state index in [4.69, 9.17) is 0 Å². The SMILES string of the molecule is CCn1c(C)cc(CNC2CCCc3sccc32)c1C. The molecule has 0 spiro atoms. The van der Waals surface area contributed by atoms with Crippen LogP contribution >= 0.6 is 11.3 Å². The molecule has 2 heterocycles.